The molecule has 4 nitrogen and oxygen atoms in total. The summed E-state index contributed by atoms with van der Waals surface area (Å²) in [5.74, 6) is 1.05. The average molecular weight is 354 g/mol. The molecule has 0 unspecified atom stereocenters. The number of ether oxygens (including phenoxy) is 2. The molecule has 0 fully saturated rings. The minimum absolute atomic E-state index is 0.289. The Balaban J connectivity index is 1.83. The molecule has 138 valence electrons. The topological polar surface area (TPSA) is 52.6 Å². The van der Waals surface area contributed by atoms with Gasteiger partial charge in [-0.25, -0.2) is 0 Å². The van der Waals surface area contributed by atoms with Crippen molar-refractivity contribution in [3.63, 3.8) is 0 Å². The summed E-state index contributed by atoms with van der Waals surface area (Å²) in [5, 5.41) is 0. The minimum atomic E-state index is -0.617. The average Bonchev–Trinajstić information content (AvgIpc) is 2.62. The summed E-state index contributed by atoms with van der Waals surface area (Å²) < 4.78 is 11.3. The number of carbonyl (C=O) groups excluding carboxylic acids is 2. The lowest BCUT2D eigenvalue weighted by Crippen LogP contribution is -2.29. The molecule has 2 rings (SSSR count). The minimum Gasteiger partial charge on any atom is -0.493 e. The standard InChI is InChI=1S/C22H26O4/c1-16-6-7-17(2)20(14-16)25-13-5-12-22(3,4)21(24)26-19-10-8-18(15-23)9-11-19/h6-11,14-15H,5,12-13H2,1-4H3. The zero-order valence-corrected chi connectivity index (χ0v) is 15.9. The molecular weight excluding hydrogens is 328 g/mol. The fourth-order valence-electron chi connectivity index (χ4n) is 2.52. The third-order valence-corrected chi connectivity index (χ3v) is 4.33. The van der Waals surface area contributed by atoms with E-state index in [4.69, 9.17) is 9.47 Å². The van der Waals surface area contributed by atoms with Gasteiger partial charge in [0.05, 0.1) is 12.0 Å². The first-order valence-corrected chi connectivity index (χ1v) is 8.79. The van der Waals surface area contributed by atoms with Crippen molar-refractivity contribution >= 4 is 12.3 Å². The van der Waals surface area contributed by atoms with Gasteiger partial charge >= 0.3 is 5.97 Å². The lowest BCUT2D eigenvalue weighted by molar-refractivity contribution is -0.144. The van der Waals surface area contributed by atoms with Crippen LogP contribution in [0.1, 0.15) is 48.2 Å². The zero-order chi connectivity index (χ0) is 19.2. The summed E-state index contributed by atoms with van der Waals surface area (Å²) in [6.45, 7) is 8.34. The van der Waals surface area contributed by atoms with Crippen molar-refractivity contribution in [2.45, 2.75) is 40.5 Å². The Morgan fingerprint density at radius 2 is 1.77 bits per heavy atom. The summed E-state index contributed by atoms with van der Waals surface area (Å²) in [5.41, 5.74) is 2.20. The smallest absolute Gasteiger partial charge is 0.316 e. The van der Waals surface area contributed by atoms with E-state index in [1.165, 1.54) is 0 Å². The zero-order valence-electron chi connectivity index (χ0n) is 15.9. The van der Waals surface area contributed by atoms with Gasteiger partial charge in [-0.1, -0.05) is 12.1 Å². The molecule has 0 saturated carbocycles. The number of hydrogen-bond acceptors (Lipinski definition) is 4. The molecule has 2 aromatic carbocycles. The fraction of sp³-hybridized carbons (Fsp3) is 0.364. The summed E-state index contributed by atoms with van der Waals surface area (Å²) in [7, 11) is 0. The van der Waals surface area contributed by atoms with Crippen LogP contribution in [-0.2, 0) is 4.79 Å². The van der Waals surface area contributed by atoms with Gasteiger partial charge in [0, 0.05) is 5.56 Å². The van der Waals surface area contributed by atoms with Crippen LogP contribution >= 0.6 is 0 Å². The number of aldehydes is 1. The Labute approximate surface area is 155 Å². The second-order valence-corrected chi connectivity index (χ2v) is 7.18. The molecule has 0 N–H and O–H groups in total. The third kappa shape index (κ3) is 5.45. The highest BCUT2D eigenvalue weighted by atomic mass is 16.5. The van der Waals surface area contributed by atoms with E-state index in [2.05, 4.69) is 6.07 Å². The third-order valence-electron chi connectivity index (χ3n) is 4.33. The van der Waals surface area contributed by atoms with E-state index in [0.717, 1.165) is 29.6 Å². The van der Waals surface area contributed by atoms with Gasteiger partial charge in [0.15, 0.2) is 0 Å². The molecule has 0 heterocycles. The first kappa shape index (κ1) is 19.7. The summed E-state index contributed by atoms with van der Waals surface area (Å²) in [4.78, 5) is 23.1. The van der Waals surface area contributed by atoms with Crippen LogP contribution in [0.4, 0.5) is 0 Å². The first-order chi connectivity index (χ1) is 12.3. The van der Waals surface area contributed by atoms with E-state index in [9.17, 15) is 9.59 Å². The maximum Gasteiger partial charge on any atom is 0.316 e. The molecule has 4 heteroatoms. The van der Waals surface area contributed by atoms with Gasteiger partial charge in [0.1, 0.15) is 17.8 Å². The molecule has 0 spiro atoms. The van der Waals surface area contributed by atoms with Crippen LogP contribution in [0.15, 0.2) is 42.5 Å². The lowest BCUT2D eigenvalue weighted by Gasteiger charge is -2.22. The van der Waals surface area contributed by atoms with Crippen LogP contribution in [0, 0.1) is 19.3 Å². The Morgan fingerprint density at radius 3 is 2.42 bits per heavy atom. The largest absolute Gasteiger partial charge is 0.493 e. The van der Waals surface area contributed by atoms with E-state index in [0.29, 0.717) is 24.3 Å². The van der Waals surface area contributed by atoms with Crippen LogP contribution in [0.3, 0.4) is 0 Å². The molecule has 2 aromatic rings. The Kier molecular flexibility index (Phi) is 6.56. The Hall–Kier alpha value is -2.62. The van der Waals surface area contributed by atoms with E-state index >= 15 is 0 Å². The van der Waals surface area contributed by atoms with Crippen molar-refractivity contribution in [1.82, 2.24) is 0 Å². The number of rotatable bonds is 8. The highest BCUT2D eigenvalue weighted by molar-refractivity contribution is 5.79. The van der Waals surface area contributed by atoms with Crippen LogP contribution in [0.2, 0.25) is 0 Å². The van der Waals surface area contributed by atoms with Gasteiger partial charge in [-0.05, 0) is 82.0 Å². The van der Waals surface area contributed by atoms with Crippen molar-refractivity contribution in [2.75, 3.05) is 6.61 Å². The van der Waals surface area contributed by atoms with E-state index in [-0.39, 0.29) is 5.97 Å². The number of carbonyl (C=O) groups is 2. The summed E-state index contributed by atoms with van der Waals surface area (Å²) >= 11 is 0. The number of aryl methyl sites for hydroxylation is 2. The molecule has 0 aliphatic carbocycles. The SMILES string of the molecule is Cc1ccc(C)c(OCCCC(C)(C)C(=O)Oc2ccc(C=O)cc2)c1. The second kappa shape index (κ2) is 8.65. The Bertz CT molecular complexity index is 760. The maximum absolute atomic E-state index is 12.4. The number of benzene rings is 2. The van der Waals surface area contributed by atoms with E-state index in [1.54, 1.807) is 24.3 Å². The fourth-order valence-corrected chi connectivity index (χ4v) is 2.52. The second-order valence-electron chi connectivity index (χ2n) is 7.18. The normalized spacial score (nSPS) is 11.1. The first-order valence-electron chi connectivity index (χ1n) is 8.79. The van der Waals surface area contributed by atoms with E-state index in [1.807, 2.05) is 39.8 Å². The molecule has 0 aliphatic rings. The van der Waals surface area contributed by atoms with Crippen LogP contribution in [0.25, 0.3) is 0 Å². The molecule has 0 radical (unpaired) electrons. The highest BCUT2D eigenvalue weighted by Gasteiger charge is 2.29. The molecule has 26 heavy (non-hydrogen) atoms. The monoisotopic (exact) mass is 354 g/mol. The van der Waals surface area contributed by atoms with Gasteiger partial charge in [-0.15, -0.1) is 0 Å². The van der Waals surface area contributed by atoms with Crippen molar-refractivity contribution in [3.8, 4) is 11.5 Å². The molecule has 0 amide bonds. The molecule has 0 atom stereocenters. The number of hydrogen-bond donors (Lipinski definition) is 0. The summed E-state index contributed by atoms with van der Waals surface area (Å²) in [6, 6.07) is 12.6. The predicted octanol–water partition coefficient (Wildman–Crippen LogP) is 4.91. The summed E-state index contributed by atoms with van der Waals surface area (Å²) in [6.07, 6.45) is 2.16. The molecule has 0 aliphatic heterocycles. The molecular formula is C22H26O4. The van der Waals surface area contributed by atoms with Gasteiger partial charge in [0.2, 0.25) is 0 Å². The van der Waals surface area contributed by atoms with Crippen LogP contribution in [-0.4, -0.2) is 18.9 Å². The molecule has 0 bridgehead atoms. The van der Waals surface area contributed by atoms with Crippen molar-refractivity contribution in [2.24, 2.45) is 5.41 Å². The highest BCUT2D eigenvalue weighted by Crippen LogP contribution is 2.26. The van der Waals surface area contributed by atoms with Crippen LogP contribution < -0.4 is 9.47 Å². The van der Waals surface area contributed by atoms with Crippen molar-refractivity contribution < 1.29 is 19.1 Å². The van der Waals surface area contributed by atoms with Gasteiger partial charge < -0.3 is 9.47 Å². The quantitative estimate of drug-likeness (QED) is 0.293. The van der Waals surface area contributed by atoms with Gasteiger partial charge in [-0.2, -0.15) is 0 Å². The van der Waals surface area contributed by atoms with Crippen LogP contribution in [0.5, 0.6) is 11.5 Å². The van der Waals surface area contributed by atoms with Crippen molar-refractivity contribution in [1.29, 1.82) is 0 Å². The van der Waals surface area contributed by atoms with Gasteiger partial charge in [0.25, 0.3) is 0 Å². The molecule has 0 aromatic heterocycles. The van der Waals surface area contributed by atoms with E-state index < -0.39 is 5.41 Å². The predicted molar refractivity (Wildman–Crippen MR) is 102 cm³/mol. The Morgan fingerprint density at radius 1 is 1.08 bits per heavy atom. The van der Waals surface area contributed by atoms with Gasteiger partial charge in [-0.3, -0.25) is 9.59 Å². The van der Waals surface area contributed by atoms with Crippen molar-refractivity contribution in [3.05, 3.63) is 59.2 Å². The maximum atomic E-state index is 12.4. The molecule has 0 saturated heterocycles. The number of esters is 1. The lowest BCUT2D eigenvalue weighted by atomic mass is 9.88.